The lowest BCUT2D eigenvalue weighted by molar-refractivity contribution is -0.141. The number of amides is 2. The quantitative estimate of drug-likeness (QED) is 0.467. The molecule has 1 N–H and O–H groups in total. The number of rotatable bonds is 7. The van der Waals surface area contributed by atoms with Crippen molar-refractivity contribution in [2.24, 2.45) is 0 Å². The molecule has 0 saturated carbocycles. The molecule has 0 aliphatic carbocycles. The number of methoxy groups -OCH3 is 2. The standard InChI is InChI=1S/C22H20ClN3O6S/c1-31-19(28)12-25-17(20(29)26(22(25)33)16-5-3-4-14(23)10-16)11-18(27)24-15-8-6-13(7-9-15)21(30)32-2/h3-10,17H,11-12H2,1-2H3,(H,24,27). The van der Waals surface area contributed by atoms with Gasteiger partial charge in [0.2, 0.25) is 5.91 Å². The average molecular weight is 490 g/mol. The SMILES string of the molecule is COC(=O)CN1C(=S)N(c2cccc(Cl)c2)C(=O)C1CC(=O)Nc1ccc(C(=O)OC)cc1. The molecular weight excluding hydrogens is 470 g/mol. The van der Waals surface area contributed by atoms with Gasteiger partial charge in [-0.3, -0.25) is 19.3 Å². The first kappa shape index (κ1) is 24.1. The van der Waals surface area contributed by atoms with Gasteiger partial charge in [-0.2, -0.15) is 0 Å². The van der Waals surface area contributed by atoms with E-state index in [0.29, 0.717) is 22.0 Å². The number of esters is 2. The zero-order valence-electron chi connectivity index (χ0n) is 17.7. The Bertz CT molecular complexity index is 1110. The number of nitrogens with zero attached hydrogens (tertiary/aromatic N) is 2. The Morgan fingerprint density at radius 3 is 2.39 bits per heavy atom. The van der Waals surface area contributed by atoms with Crippen LogP contribution in [0.1, 0.15) is 16.8 Å². The molecule has 1 saturated heterocycles. The fraction of sp³-hybridized carbons (Fsp3) is 0.227. The zero-order chi connectivity index (χ0) is 24.1. The predicted octanol–water partition coefficient (Wildman–Crippen LogP) is 2.63. The number of nitrogens with one attached hydrogen (secondary N) is 1. The summed E-state index contributed by atoms with van der Waals surface area (Å²) in [6.07, 6.45) is -0.272. The second-order valence-corrected chi connectivity index (χ2v) is 7.78. The predicted molar refractivity (Wildman–Crippen MR) is 125 cm³/mol. The van der Waals surface area contributed by atoms with Crippen molar-refractivity contribution in [2.45, 2.75) is 12.5 Å². The first-order chi connectivity index (χ1) is 15.7. The van der Waals surface area contributed by atoms with E-state index in [9.17, 15) is 19.2 Å². The van der Waals surface area contributed by atoms with Crippen LogP contribution in [0.15, 0.2) is 48.5 Å². The number of thiocarbonyl (C=S) groups is 1. The van der Waals surface area contributed by atoms with Gasteiger partial charge < -0.3 is 19.7 Å². The van der Waals surface area contributed by atoms with Crippen molar-refractivity contribution in [3.05, 3.63) is 59.1 Å². The largest absolute Gasteiger partial charge is 0.468 e. The van der Waals surface area contributed by atoms with E-state index in [2.05, 4.69) is 10.1 Å². The van der Waals surface area contributed by atoms with Gasteiger partial charge in [0.15, 0.2) is 5.11 Å². The summed E-state index contributed by atoms with van der Waals surface area (Å²) in [6, 6.07) is 11.6. The number of halogens is 1. The molecule has 1 heterocycles. The number of carbonyl (C=O) groups excluding carboxylic acids is 4. The van der Waals surface area contributed by atoms with Crippen LogP contribution in [0.5, 0.6) is 0 Å². The monoisotopic (exact) mass is 489 g/mol. The van der Waals surface area contributed by atoms with Gasteiger partial charge in [0.05, 0.1) is 31.9 Å². The molecular formula is C22H20ClN3O6S. The Morgan fingerprint density at radius 1 is 1.09 bits per heavy atom. The van der Waals surface area contributed by atoms with Crippen LogP contribution in [-0.2, 0) is 23.9 Å². The van der Waals surface area contributed by atoms with Crippen LogP contribution in [0.3, 0.4) is 0 Å². The molecule has 2 amide bonds. The minimum absolute atomic E-state index is 0.0629. The van der Waals surface area contributed by atoms with Crippen LogP contribution in [-0.4, -0.2) is 60.6 Å². The van der Waals surface area contributed by atoms with Crippen molar-refractivity contribution < 1.29 is 28.7 Å². The van der Waals surface area contributed by atoms with Gasteiger partial charge in [-0.1, -0.05) is 17.7 Å². The van der Waals surface area contributed by atoms with E-state index in [1.54, 1.807) is 24.3 Å². The number of carbonyl (C=O) groups is 4. The summed E-state index contributed by atoms with van der Waals surface area (Å²) in [5.41, 5.74) is 1.17. The molecule has 1 fully saturated rings. The van der Waals surface area contributed by atoms with E-state index in [4.69, 9.17) is 28.6 Å². The topological polar surface area (TPSA) is 105 Å². The highest BCUT2D eigenvalue weighted by molar-refractivity contribution is 7.80. The molecule has 0 aromatic heterocycles. The van der Waals surface area contributed by atoms with Crippen LogP contribution in [0.25, 0.3) is 0 Å². The van der Waals surface area contributed by atoms with Crippen molar-refractivity contribution in [2.75, 3.05) is 31.0 Å². The molecule has 11 heteroatoms. The van der Waals surface area contributed by atoms with E-state index < -0.39 is 29.8 Å². The van der Waals surface area contributed by atoms with Gasteiger partial charge >= 0.3 is 11.9 Å². The summed E-state index contributed by atoms with van der Waals surface area (Å²) in [7, 11) is 2.49. The summed E-state index contributed by atoms with van der Waals surface area (Å²) in [6.45, 7) is -0.302. The van der Waals surface area contributed by atoms with Crippen molar-refractivity contribution in [1.29, 1.82) is 0 Å². The minimum atomic E-state index is -1.02. The Morgan fingerprint density at radius 2 is 1.79 bits per heavy atom. The maximum absolute atomic E-state index is 13.2. The fourth-order valence-corrected chi connectivity index (χ4v) is 3.84. The Hall–Kier alpha value is -3.50. The van der Waals surface area contributed by atoms with Crippen LogP contribution in [0, 0.1) is 0 Å². The lowest BCUT2D eigenvalue weighted by Crippen LogP contribution is -2.41. The van der Waals surface area contributed by atoms with Gasteiger partial charge in [-0.15, -0.1) is 0 Å². The third-order valence-electron chi connectivity index (χ3n) is 4.88. The van der Waals surface area contributed by atoms with Crippen molar-refractivity contribution in [3.63, 3.8) is 0 Å². The van der Waals surface area contributed by atoms with Crippen molar-refractivity contribution in [3.8, 4) is 0 Å². The Balaban J connectivity index is 1.80. The number of hydrogen-bond acceptors (Lipinski definition) is 7. The summed E-state index contributed by atoms with van der Waals surface area (Å²) in [5.74, 6) is -2.06. The molecule has 33 heavy (non-hydrogen) atoms. The van der Waals surface area contributed by atoms with E-state index in [-0.39, 0.29) is 18.1 Å². The Labute approximate surface area is 200 Å². The number of hydrogen-bond donors (Lipinski definition) is 1. The first-order valence-corrected chi connectivity index (χ1v) is 10.5. The zero-order valence-corrected chi connectivity index (χ0v) is 19.3. The van der Waals surface area contributed by atoms with E-state index in [1.165, 1.54) is 48.3 Å². The van der Waals surface area contributed by atoms with E-state index >= 15 is 0 Å². The Kier molecular flexibility index (Phi) is 7.62. The third kappa shape index (κ3) is 5.47. The fourth-order valence-electron chi connectivity index (χ4n) is 3.27. The third-order valence-corrected chi connectivity index (χ3v) is 5.53. The molecule has 0 bridgehead atoms. The molecule has 1 aliphatic heterocycles. The minimum Gasteiger partial charge on any atom is -0.468 e. The van der Waals surface area contributed by atoms with Crippen LogP contribution in [0.2, 0.25) is 5.02 Å². The lowest BCUT2D eigenvalue weighted by atomic mass is 10.1. The van der Waals surface area contributed by atoms with E-state index in [0.717, 1.165) is 0 Å². The first-order valence-electron chi connectivity index (χ1n) is 9.70. The number of anilines is 2. The second-order valence-electron chi connectivity index (χ2n) is 6.98. The highest BCUT2D eigenvalue weighted by Crippen LogP contribution is 2.29. The highest BCUT2D eigenvalue weighted by Gasteiger charge is 2.45. The normalized spacial score (nSPS) is 15.4. The second kappa shape index (κ2) is 10.4. The highest BCUT2D eigenvalue weighted by atomic mass is 35.5. The van der Waals surface area contributed by atoms with Gasteiger partial charge in [0.1, 0.15) is 12.6 Å². The smallest absolute Gasteiger partial charge is 0.337 e. The van der Waals surface area contributed by atoms with Crippen LogP contribution >= 0.6 is 23.8 Å². The maximum atomic E-state index is 13.2. The summed E-state index contributed by atoms with van der Waals surface area (Å²) >= 11 is 11.5. The van der Waals surface area contributed by atoms with Crippen LogP contribution in [0.4, 0.5) is 11.4 Å². The van der Waals surface area contributed by atoms with Gasteiger partial charge in [0, 0.05) is 10.7 Å². The van der Waals surface area contributed by atoms with Crippen molar-refractivity contribution >= 4 is 64.1 Å². The number of ether oxygens (including phenoxy) is 2. The van der Waals surface area contributed by atoms with Gasteiger partial charge in [-0.25, -0.2) is 4.79 Å². The van der Waals surface area contributed by atoms with E-state index in [1.807, 2.05) is 0 Å². The average Bonchev–Trinajstić information content (AvgIpc) is 3.02. The van der Waals surface area contributed by atoms with Gasteiger partial charge in [0.25, 0.3) is 5.91 Å². The molecule has 0 radical (unpaired) electrons. The molecule has 3 rings (SSSR count). The summed E-state index contributed by atoms with van der Waals surface area (Å²) in [5, 5.41) is 3.14. The molecule has 1 unspecified atom stereocenters. The molecule has 9 nitrogen and oxygen atoms in total. The van der Waals surface area contributed by atoms with Crippen molar-refractivity contribution in [1.82, 2.24) is 4.90 Å². The molecule has 1 atom stereocenters. The summed E-state index contributed by atoms with van der Waals surface area (Å²) in [4.78, 5) is 52.0. The maximum Gasteiger partial charge on any atom is 0.337 e. The molecule has 2 aromatic carbocycles. The van der Waals surface area contributed by atoms with Gasteiger partial charge in [-0.05, 0) is 54.7 Å². The molecule has 1 aliphatic rings. The lowest BCUT2D eigenvalue weighted by Gasteiger charge is -2.22. The molecule has 0 spiro atoms. The molecule has 2 aromatic rings. The van der Waals surface area contributed by atoms with Crippen LogP contribution < -0.4 is 10.2 Å². The summed E-state index contributed by atoms with van der Waals surface area (Å²) < 4.78 is 9.36. The number of benzene rings is 2. The molecule has 172 valence electrons.